The number of aryl methyl sites for hydroxylation is 1. The zero-order valence-electron chi connectivity index (χ0n) is 14.4. The molecule has 0 bridgehead atoms. The molecule has 2 aromatic heterocycles. The second-order valence-electron chi connectivity index (χ2n) is 6.40. The highest BCUT2D eigenvalue weighted by atomic mass is 35.5. The predicted octanol–water partition coefficient (Wildman–Crippen LogP) is 5.52. The van der Waals surface area contributed by atoms with Gasteiger partial charge in [-0.2, -0.15) is 0 Å². The number of thiazole rings is 1. The summed E-state index contributed by atoms with van der Waals surface area (Å²) in [5.41, 5.74) is 5.08. The Balaban J connectivity index is 1.76. The lowest BCUT2D eigenvalue weighted by atomic mass is 10.0. The molecule has 1 aliphatic heterocycles. The average Bonchev–Trinajstić information content (AvgIpc) is 3.27. The van der Waals surface area contributed by atoms with E-state index in [9.17, 15) is 4.79 Å². The molecular weight excluding hydrogens is 378 g/mol. The van der Waals surface area contributed by atoms with Gasteiger partial charge in [0.1, 0.15) is 0 Å². The molecule has 4 nitrogen and oxygen atoms in total. The van der Waals surface area contributed by atoms with Gasteiger partial charge in [0.2, 0.25) is 0 Å². The van der Waals surface area contributed by atoms with Gasteiger partial charge in [0, 0.05) is 32.9 Å². The third-order valence-corrected chi connectivity index (χ3v) is 5.74. The molecule has 3 heterocycles. The fraction of sp³-hybridized carbons (Fsp3) is 0.0476. The Kier molecular flexibility index (Phi) is 3.67. The Labute approximate surface area is 164 Å². The summed E-state index contributed by atoms with van der Waals surface area (Å²) in [6.45, 7) is 2.05. The van der Waals surface area contributed by atoms with Crippen LogP contribution in [0.5, 0.6) is 0 Å². The normalized spacial score (nSPS) is 14.7. The molecule has 0 fully saturated rings. The highest BCUT2D eigenvalue weighted by Crippen LogP contribution is 2.36. The summed E-state index contributed by atoms with van der Waals surface area (Å²) in [4.78, 5) is 19.4. The lowest BCUT2D eigenvalue weighted by Gasteiger charge is -2.03. The van der Waals surface area contributed by atoms with E-state index >= 15 is 0 Å². The molecule has 5 rings (SSSR count). The smallest absolute Gasteiger partial charge is 0.256 e. The number of amides is 1. The van der Waals surface area contributed by atoms with E-state index in [0.29, 0.717) is 10.6 Å². The zero-order valence-corrected chi connectivity index (χ0v) is 15.9. The topological polar surface area (TPSA) is 46.4 Å². The quantitative estimate of drug-likeness (QED) is 0.457. The summed E-state index contributed by atoms with van der Waals surface area (Å²) >= 11 is 7.67. The van der Waals surface area contributed by atoms with Crippen LogP contribution in [0.25, 0.3) is 27.9 Å². The minimum atomic E-state index is -0.0971. The summed E-state index contributed by atoms with van der Waals surface area (Å²) in [6.07, 6.45) is 3.98. The van der Waals surface area contributed by atoms with Crippen molar-refractivity contribution in [3.05, 3.63) is 75.9 Å². The van der Waals surface area contributed by atoms with E-state index in [1.54, 1.807) is 11.3 Å². The zero-order chi connectivity index (χ0) is 18.5. The van der Waals surface area contributed by atoms with Crippen LogP contribution in [0.1, 0.15) is 16.1 Å². The number of halogens is 1. The minimum absolute atomic E-state index is 0.0971. The maximum Gasteiger partial charge on any atom is 0.256 e. The van der Waals surface area contributed by atoms with E-state index in [-0.39, 0.29) is 5.91 Å². The molecule has 0 unspecified atom stereocenters. The number of hydrogen-bond donors (Lipinski definition) is 1. The van der Waals surface area contributed by atoms with Crippen LogP contribution < -0.4 is 5.32 Å². The number of rotatable bonds is 2. The first-order chi connectivity index (χ1) is 13.1. The Hall–Kier alpha value is -2.89. The van der Waals surface area contributed by atoms with Crippen LogP contribution in [0, 0.1) is 6.92 Å². The summed E-state index contributed by atoms with van der Waals surface area (Å²) in [6, 6.07) is 15.3. The monoisotopic (exact) mass is 391 g/mol. The molecule has 1 N–H and O–H groups in total. The Morgan fingerprint density at radius 1 is 1.15 bits per heavy atom. The number of nitrogens with zero attached hydrogens (tertiary/aromatic N) is 2. The van der Waals surface area contributed by atoms with E-state index < -0.39 is 0 Å². The molecule has 27 heavy (non-hydrogen) atoms. The largest absolute Gasteiger partial charge is 0.321 e. The maximum atomic E-state index is 12.6. The third-order valence-electron chi connectivity index (χ3n) is 4.59. The van der Waals surface area contributed by atoms with Crippen molar-refractivity contribution in [1.29, 1.82) is 0 Å². The number of carbonyl (C=O) groups is 1. The van der Waals surface area contributed by atoms with E-state index in [2.05, 4.69) is 18.4 Å². The van der Waals surface area contributed by atoms with Crippen LogP contribution in [-0.4, -0.2) is 15.3 Å². The van der Waals surface area contributed by atoms with Gasteiger partial charge in [0.05, 0.1) is 17.0 Å². The third kappa shape index (κ3) is 2.67. The molecule has 4 aromatic rings. The first-order valence-electron chi connectivity index (χ1n) is 8.47. The fourth-order valence-electron chi connectivity index (χ4n) is 3.35. The van der Waals surface area contributed by atoms with Gasteiger partial charge < -0.3 is 5.32 Å². The van der Waals surface area contributed by atoms with Crippen molar-refractivity contribution in [2.45, 2.75) is 6.92 Å². The number of imidazole rings is 1. The maximum absolute atomic E-state index is 12.6. The summed E-state index contributed by atoms with van der Waals surface area (Å²) in [5.74, 6) is -0.0971. The molecule has 6 heteroatoms. The Morgan fingerprint density at radius 3 is 2.74 bits per heavy atom. The molecule has 0 saturated heterocycles. The van der Waals surface area contributed by atoms with Gasteiger partial charge in [-0.3, -0.25) is 9.20 Å². The Morgan fingerprint density at radius 2 is 1.93 bits per heavy atom. The standard InChI is InChI=1S/C21H14ClN3OS/c1-12-11-25-18(10-16-15-4-2-3-5-17(15)23-20(16)26)19(24-21(25)27-12)13-6-8-14(22)9-7-13/h2-11H,1H3,(H,23,26)/b16-10+. The van der Waals surface area contributed by atoms with Crippen LogP contribution in [0.4, 0.5) is 5.69 Å². The first-order valence-corrected chi connectivity index (χ1v) is 9.66. The van der Waals surface area contributed by atoms with Gasteiger partial charge in [0.15, 0.2) is 4.96 Å². The van der Waals surface area contributed by atoms with Crippen LogP contribution in [0.3, 0.4) is 0 Å². The van der Waals surface area contributed by atoms with Gasteiger partial charge in [-0.15, -0.1) is 11.3 Å². The predicted molar refractivity (Wildman–Crippen MR) is 111 cm³/mol. The van der Waals surface area contributed by atoms with Crippen LogP contribution >= 0.6 is 22.9 Å². The molecule has 2 aromatic carbocycles. The summed E-state index contributed by atoms with van der Waals surface area (Å²) < 4.78 is 2.05. The van der Waals surface area contributed by atoms with Crippen molar-refractivity contribution < 1.29 is 4.79 Å². The average molecular weight is 392 g/mol. The number of hydrogen-bond acceptors (Lipinski definition) is 3. The molecular formula is C21H14ClN3OS. The molecule has 0 radical (unpaired) electrons. The van der Waals surface area contributed by atoms with E-state index in [0.717, 1.165) is 38.0 Å². The van der Waals surface area contributed by atoms with Crippen molar-refractivity contribution in [2.75, 3.05) is 5.32 Å². The second-order valence-corrected chi connectivity index (χ2v) is 8.05. The molecule has 1 aliphatic rings. The van der Waals surface area contributed by atoms with Gasteiger partial charge in [-0.05, 0) is 31.2 Å². The molecule has 0 atom stereocenters. The number of para-hydroxylation sites is 1. The molecule has 0 aliphatic carbocycles. The van der Waals surface area contributed by atoms with Crippen molar-refractivity contribution >= 4 is 51.1 Å². The molecule has 1 amide bonds. The van der Waals surface area contributed by atoms with Crippen LogP contribution in [-0.2, 0) is 4.79 Å². The van der Waals surface area contributed by atoms with Gasteiger partial charge in [-0.25, -0.2) is 4.98 Å². The number of benzene rings is 2. The van der Waals surface area contributed by atoms with Crippen molar-refractivity contribution in [3.63, 3.8) is 0 Å². The highest BCUT2D eigenvalue weighted by Gasteiger charge is 2.25. The first kappa shape index (κ1) is 16.3. The number of fused-ring (bicyclic) bond motifs is 2. The molecule has 0 spiro atoms. The summed E-state index contributed by atoms with van der Waals surface area (Å²) in [7, 11) is 0. The Bertz CT molecular complexity index is 1230. The van der Waals surface area contributed by atoms with Crippen molar-refractivity contribution in [1.82, 2.24) is 9.38 Å². The van der Waals surface area contributed by atoms with Crippen LogP contribution in [0.2, 0.25) is 5.02 Å². The minimum Gasteiger partial charge on any atom is -0.321 e. The van der Waals surface area contributed by atoms with Crippen LogP contribution in [0.15, 0.2) is 54.7 Å². The summed E-state index contributed by atoms with van der Waals surface area (Å²) in [5, 5.41) is 3.61. The molecule has 0 saturated carbocycles. The second kappa shape index (κ2) is 6.08. The highest BCUT2D eigenvalue weighted by molar-refractivity contribution is 7.17. The van der Waals surface area contributed by atoms with Gasteiger partial charge in [-0.1, -0.05) is 41.9 Å². The van der Waals surface area contributed by atoms with E-state index in [4.69, 9.17) is 16.6 Å². The molecule has 132 valence electrons. The fourth-order valence-corrected chi connectivity index (χ4v) is 4.31. The number of nitrogens with one attached hydrogen (secondary N) is 1. The van der Waals surface area contributed by atoms with Gasteiger partial charge in [0.25, 0.3) is 5.91 Å². The van der Waals surface area contributed by atoms with Crippen molar-refractivity contribution in [3.8, 4) is 11.3 Å². The van der Waals surface area contributed by atoms with Gasteiger partial charge >= 0.3 is 0 Å². The lowest BCUT2D eigenvalue weighted by Crippen LogP contribution is -2.04. The SMILES string of the molecule is Cc1cn2c(/C=C3/C(=O)Nc4ccccc43)c(-c3ccc(Cl)cc3)nc2s1. The van der Waals surface area contributed by atoms with Crippen molar-refractivity contribution in [2.24, 2.45) is 0 Å². The number of aromatic nitrogens is 2. The van der Waals surface area contributed by atoms with E-state index in [1.807, 2.05) is 59.0 Å². The van der Waals surface area contributed by atoms with E-state index in [1.165, 1.54) is 0 Å². The number of carbonyl (C=O) groups excluding carboxylic acids is 1. The number of anilines is 1. The lowest BCUT2D eigenvalue weighted by molar-refractivity contribution is -0.110.